The standard InChI is InChI=1S/C11H10F3NO3/c12-11(13,14)18-9-4-2-1-3-7(9)10(17)8(16)5-6-15/h1-4,8,10,16-17H,5H2. The van der Waals surface area contributed by atoms with Crippen molar-refractivity contribution in [1.29, 1.82) is 5.26 Å². The lowest BCUT2D eigenvalue weighted by Crippen LogP contribution is -2.22. The van der Waals surface area contributed by atoms with E-state index in [0.29, 0.717) is 0 Å². The molecule has 1 rings (SSSR count). The minimum Gasteiger partial charge on any atom is -0.405 e. The zero-order valence-corrected chi connectivity index (χ0v) is 9.05. The van der Waals surface area contributed by atoms with Crippen molar-refractivity contribution in [2.24, 2.45) is 0 Å². The van der Waals surface area contributed by atoms with Crippen molar-refractivity contribution >= 4 is 0 Å². The van der Waals surface area contributed by atoms with Crippen LogP contribution in [0.5, 0.6) is 5.75 Å². The molecule has 0 radical (unpaired) electrons. The number of benzene rings is 1. The van der Waals surface area contributed by atoms with Crippen LogP contribution in [0.15, 0.2) is 24.3 Å². The molecule has 1 aromatic carbocycles. The molecule has 4 nitrogen and oxygen atoms in total. The molecule has 0 fully saturated rings. The lowest BCUT2D eigenvalue weighted by molar-refractivity contribution is -0.275. The summed E-state index contributed by atoms with van der Waals surface area (Å²) < 4.78 is 40.1. The quantitative estimate of drug-likeness (QED) is 0.868. The number of para-hydroxylation sites is 1. The van der Waals surface area contributed by atoms with Crippen LogP contribution >= 0.6 is 0 Å². The number of aliphatic hydroxyl groups excluding tert-OH is 2. The topological polar surface area (TPSA) is 73.5 Å². The number of halogens is 3. The third kappa shape index (κ3) is 3.91. The largest absolute Gasteiger partial charge is 0.573 e. The smallest absolute Gasteiger partial charge is 0.405 e. The maximum atomic E-state index is 12.1. The fourth-order valence-corrected chi connectivity index (χ4v) is 1.35. The third-order valence-corrected chi connectivity index (χ3v) is 2.13. The molecule has 0 aliphatic heterocycles. The Kier molecular flexibility index (Phi) is 4.53. The zero-order valence-electron chi connectivity index (χ0n) is 9.05. The predicted molar refractivity (Wildman–Crippen MR) is 54.3 cm³/mol. The second-order valence-electron chi connectivity index (χ2n) is 3.46. The molecule has 0 aliphatic rings. The highest BCUT2D eigenvalue weighted by atomic mass is 19.4. The molecule has 7 heteroatoms. The van der Waals surface area contributed by atoms with E-state index >= 15 is 0 Å². The first-order valence-corrected chi connectivity index (χ1v) is 4.93. The molecule has 0 bridgehead atoms. The summed E-state index contributed by atoms with van der Waals surface area (Å²) in [6.07, 6.45) is -8.39. The minimum atomic E-state index is -4.89. The summed E-state index contributed by atoms with van der Waals surface area (Å²) in [5.74, 6) is -0.602. The van der Waals surface area contributed by atoms with Gasteiger partial charge in [0, 0.05) is 5.56 Å². The number of alkyl halides is 3. The molecule has 2 N–H and O–H groups in total. The van der Waals surface area contributed by atoms with Crippen LogP contribution in [-0.2, 0) is 0 Å². The van der Waals surface area contributed by atoms with Gasteiger partial charge in [0.25, 0.3) is 0 Å². The summed E-state index contributed by atoms with van der Waals surface area (Å²) in [5.41, 5.74) is -0.224. The number of hydrogen-bond donors (Lipinski definition) is 2. The molecule has 0 amide bonds. The summed E-state index contributed by atoms with van der Waals surface area (Å²) in [5, 5.41) is 27.4. The van der Waals surface area contributed by atoms with Crippen LogP contribution in [0.3, 0.4) is 0 Å². The van der Waals surface area contributed by atoms with E-state index in [1.165, 1.54) is 18.2 Å². The van der Waals surface area contributed by atoms with Crippen molar-refractivity contribution in [3.05, 3.63) is 29.8 Å². The van der Waals surface area contributed by atoms with Crippen molar-refractivity contribution in [2.45, 2.75) is 25.0 Å². The van der Waals surface area contributed by atoms with Gasteiger partial charge < -0.3 is 14.9 Å². The van der Waals surface area contributed by atoms with Crippen LogP contribution in [0.25, 0.3) is 0 Å². The Balaban J connectivity index is 2.98. The number of ether oxygens (including phenoxy) is 1. The number of hydrogen-bond acceptors (Lipinski definition) is 4. The van der Waals surface area contributed by atoms with E-state index in [0.717, 1.165) is 6.07 Å². The molecule has 0 heterocycles. The van der Waals surface area contributed by atoms with Crippen LogP contribution < -0.4 is 4.74 Å². The van der Waals surface area contributed by atoms with E-state index in [4.69, 9.17) is 5.26 Å². The number of nitrogens with zero attached hydrogens (tertiary/aromatic N) is 1. The Morgan fingerprint density at radius 3 is 2.44 bits per heavy atom. The van der Waals surface area contributed by atoms with Gasteiger partial charge in [0.2, 0.25) is 0 Å². The molecule has 2 unspecified atom stereocenters. The second-order valence-corrected chi connectivity index (χ2v) is 3.46. The Hall–Kier alpha value is -1.78. The SMILES string of the molecule is N#CCC(O)C(O)c1ccccc1OC(F)(F)F. The Morgan fingerprint density at radius 2 is 1.89 bits per heavy atom. The van der Waals surface area contributed by atoms with E-state index in [1.807, 2.05) is 0 Å². The average Bonchev–Trinajstić information content (AvgIpc) is 2.27. The summed E-state index contributed by atoms with van der Waals surface area (Å²) >= 11 is 0. The van der Waals surface area contributed by atoms with E-state index in [2.05, 4.69) is 4.74 Å². The van der Waals surface area contributed by atoms with Gasteiger partial charge in [-0.25, -0.2) is 0 Å². The molecule has 2 atom stereocenters. The van der Waals surface area contributed by atoms with E-state index < -0.39 is 30.7 Å². The van der Waals surface area contributed by atoms with Crippen molar-refractivity contribution in [3.63, 3.8) is 0 Å². The first-order valence-electron chi connectivity index (χ1n) is 4.93. The Bertz CT molecular complexity index is 442. The summed E-state index contributed by atoms with van der Waals surface area (Å²) in [4.78, 5) is 0. The summed E-state index contributed by atoms with van der Waals surface area (Å²) in [7, 11) is 0. The van der Waals surface area contributed by atoms with Crippen molar-refractivity contribution in [2.75, 3.05) is 0 Å². The first kappa shape index (κ1) is 14.3. The van der Waals surface area contributed by atoms with Gasteiger partial charge in [-0.2, -0.15) is 5.26 Å². The number of rotatable bonds is 4. The maximum Gasteiger partial charge on any atom is 0.573 e. The van der Waals surface area contributed by atoms with Gasteiger partial charge >= 0.3 is 6.36 Å². The molecule has 1 aromatic rings. The van der Waals surface area contributed by atoms with Gasteiger partial charge in [-0.15, -0.1) is 13.2 Å². The van der Waals surface area contributed by atoms with Gasteiger partial charge in [-0.1, -0.05) is 18.2 Å². The molecule has 98 valence electrons. The number of nitriles is 1. The predicted octanol–water partition coefficient (Wildman–Crippen LogP) is 1.89. The third-order valence-electron chi connectivity index (χ3n) is 2.13. The van der Waals surface area contributed by atoms with Gasteiger partial charge in [0.1, 0.15) is 11.9 Å². The fraction of sp³-hybridized carbons (Fsp3) is 0.364. The molecule has 0 saturated carbocycles. The van der Waals surface area contributed by atoms with Crippen LogP contribution in [0.1, 0.15) is 18.1 Å². The van der Waals surface area contributed by atoms with Crippen LogP contribution in [0.2, 0.25) is 0 Å². The summed E-state index contributed by atoms with van der Waals surface area (Å²) in [6, 6.07) is 6.51. The second kappa shape index (κ2) is 5.71. The molecular weight excluding hydrogens is 251 g/mol. The highest BCUT2D eigenvalue weighted by Crippen LogP contribution is 2.32. The van der Waals surface area contributed by atoms with Crippen LogP contribution in [-0.4, -0.2) is 22.7 Å². The monoisotopic (exact) mass is 261 g/mol. The minimum absolute atomic E-state index is 0.224. The van der Waals surface area contributed by atoms with Crippen LogP contribution in [0, 0.1) is 11.3 Å². The first-order chi connectivity index (χ1) is 8.35. The van der Waals surface area contributed by atoms with Crippen LogP contribution in [0.4, 0.5) is 13.2 Å². The van der Waals surface area contributed by atoms with Gasteiger partial charge in [-0.05, 0) is 6.07 Å². The Labute approximate surface area is 101 Å². The molecule has 0 saturated heterocycles. The highest BCUT2D eigenvalue weighted by molar-refractivity contribution is 5.35. The van der Waals surface area contributed by atoms with E-state index in [1.54, 1.807) is 6.07 Å². The molecule has 0 spiro atoms. The molecule has 18 heavy (non-hydrogen) atoms. The number of aliphatic hydroxyl groups is 2. The van der Waals surface area contributed by atoms with E-state index in [9.17, 15) is 23.4 Å². The van der Waals surface area contributed by atoms with Gasteiger partial charge in [-0.3, -0.25) is 0 Å². The zero-order chi connectivity index (χ0) is 13.8. The lowest BCUT2D eigenvalue weighted by Gasteiger charge is -2.19. The lowest BCUT2D eigenvalue weighted by atomic mass is 10.0. The molecular formula is C11H10F3NO3. The fourth-order valence-electron chi connectivity index (χ4n) is 1.35. The van der Waals surface area contributed by atoms with Crippen molar-refractivity contribution < 1.29 is 28.1 Å². The normalized spacial score (nSPS) is 14.7. The van der Waals surface area contributed by atoms with Crippen molar-refractivity contribution in [3.8, 4) is 11.8 Å². The van der Waals surface area contributed by atoms with Crippen molar-refractivity contribution in [1.82, 2.24) is 0 Å². The van der Waals surface area contributed by atoms with Gasteiger partial charge in [0.05, 0.1) is 18.6 Å². The molecule has 0 aliphatic carbocycles. The Morgan fingerprint density at radius 1 is 1.28 bits per heavy atom. The van der Waals surface area contributed by atoms with Gasteiger partial charge in [0.15, 0.2) is 0 Å². The summed E-state index contributed by atoms with van der Waals surface area (Å²) in [6.45, 7) is 0. The van der Waals surface area contributed by atoms with E-state index in [-0.39, 0.29) is 5.56 Å². The highest BCUT2D eigenvalue weighted by Gasteiger charge is 2.33. The maximum absolute atomic E-state index is 12.1. The average molecular weight is 261 g/mol. The molecule has 0 aromatic heterocycles.